The van der Waals surface area contributed by atoms with Crippen LogP contribution in [0.5, 0.6) is 0 Å². The smallest absolute Gasteiger partial charge is 0.412 e. The number of aliphatic hydroxyl groups excluding tert-OH is 1. The van der Waals surface area contributed by atoms with Crippen LogP contribution < -0.4 is 0 Å². The predicted octanol–water partition coefficient (Wildman–Crippen LogP) is 0.898. The van der Waals surface area contributed by atoms with Gasteiger partial charge in [-0.2, -0.15) is 0 Å². The molecule has 1 unspecified atom stereocenters. The first kappa shape index (κ1) is 9.97. The summed E-state index contributed by atoms with van der Waals surface area (Å²) in [5.74, 6) is -0.0115. The van der Waals surface area contributed by atoms with E-state index in [1.165, 1.54) is 12.5 Å². The third kappa shape index (κ3) is 2.27. The number of aromatic nitrogens is 1. The molecule has 0 radical (unpaired) electrons. The van der Waals surface area contributed by atoms with Gasteiger partial charge >= 0.3 is 6.09 Å². The molecule has 15 heavy (non-hydrogen) atoms. The summed E-state index contributed by atoms with van der Waals surface area (Å²) in [6.45, 7) is 1.36. The number of amides is 1. The first-order chi connectivity index (χ1) is 7.27. The fraction of sp³-hybridized carbons (Fsp3) is 0.556. The Kier molecular flexibility index (Phi) is 2.86. The van der Waals surface area contributed by atoms with Crippen LogP contribution in [0.1, 0.15) is 25.0 Å². The molecule has 1 aliphatic heterocycles. The number of hydrogen-bond donors (Lipinski definition) is 1. The molecule has 1 saturated heterocycles. The van der Waals surface area contributed by atoms with Crippen molar-refractivity contribution in [1.82, 2.24) is 9.88 Å². The minimum Gasteiger partial charge on any atom is -0.443 e. The van der Waals surface area contributed by atoms with Gasteiger partial charge in [0.15, 0.2) is 0 Å². The van der Waals surface area contributed by atoms with Gasteiger partial charge in [0.1, 0.15) is 6.26 Å². The van der Waals surface area contributed by atoms with Crippen LogP contribution in [-0.2, 0) is 4.74 Å². The lowest BCUT2D eigenvalue weighted by Crippen LogP contribution is -2.29. The first-order valence-electron chi connectivity index (χ1n) is 4.80. The number of aliphatic hydroxyl groups is 1. The fourth-order valence-corrected chi connectivity index (χ4v) is 1.48. The number of carbonyl (C=O) groups is 1. The van der Waals surface area contributed by atoms with Gasteiger partial charge in [-0.3, -0.25) is 0 Å². The summed E-state index contributed by atoms with van der Waals surface area (Å²) in [5, 5.41) is 9.41. The summed E-state index contributed by atoms with van der Waals surface area (Å²) >= 11 is 0. The zero-order valence-corrected chi connectivity index (χ0v) is 8.13. The van der Waals surface area contributed by atoms with E-state index in [4.69, 9.17) is 9.15 Å². The Balaban J connectivity index is 1.88. The zero-order chi connectivity index (χ0) is 10.7. The number of rotatable bonds is 2. The summed E-state index contributed by atoms with van der Waals surface area (Å²) in [6, 6.07) is 0. The van der Waals surface area contributed by atoms with Crippen molar-refractivity contribution in [2.24, 2.45) is 0 Å². The predicted molar refractivity (Wildman–Crippen MR) is 48.8 cm³/mol. The van der Waals surface area contributed by atoms with Crippen LogP contribution in [0, 0.1) is 0 Å². The Bertz CT molecular complexity index is 319. The lowest BCUT2D eigenvalue weighted by molar-refractivity contribution is -0.0810. The van der Waals surface area contributed by atoms with Crippen LogP contribution in [0.2, 0.25) is 0 Å². The van der Waals surface area contributed by atoms with Gasteiger partial charge in [0, 0.05) is 13.1 Å². The second-order valence-electron chi connectivity index (χ2n) is 3.30. The largest absolute Gasteiger partial charge is 0.443 e. The Morgan fingerprint density at radius 2 is 2.33 bits per heavy atom. The lowest BCUT2D eigenvalue weighted by atomic mass is 10.4. The molecule has 0 bridgehead atoms. The monoisotopic (exact) mass is 212 g/mol. The number of carbonyl (C=O) groups excluding carboxylic acids is 1. The van der Waals surface area contributed by atoms with Gasteiger partial charge in [0.25, 0.3) is 12.2 Å². The van der Waals surface area contributed by atoms with Crippen LogP contribution in [-0.4, -0.2) is 34.2 Å². The van der Waals surface area contributed by atoms with Crippen molar-refractivity contribution in [3.63, 3.8) is 0 Å². The summed E-state index contributed by atoms with van der Waals surface area (Å²) in [7, 11) is 0. The average molecular weight is 212 g/mol. The molecule has 1 atom stereocenters. The van der Waals surface area contributed by atoms with Crippen LogP contribution in [0.25, 0.3) is 0 Å². The van der Waals surface area contributed by atoms with E-state index >= 15 is 0 Å². The molecule has 2 heterocycles. The van der Waals surface area contributed by atoms with Crippen molar-refractivity contribution in [3.05, 3.63) is 18.4 Å². The van der Waals surface area contributed by atoms with E-state index in [-0.39, 0.29) is 5.89 Å². The van der Waals surface area contributed by atoms with E-state index in [1.807, 2.05) is 0 Å². The summed E-state index contributed by atoms with van der Waals surface area (Å²) in [6.07, 6.45) is 2.69. The van der Waals surface area contributed by atoms with E-state index < -0.39 is 12.4 Å². The number of ether oxygens (including phenoxy) is 1. The lowest BCUT2D eigenvalue weighted by Gasteiger charge is -2.16. The Morgan fingerprint density at radius 3 is 2.93 bits per heavy atom. The van der Waals surface area contributed by atoms with Gasteiger partial charge in [0.05, 0.1) is 6.20 Å². The van der Waals surface area contributed by atoms with Crippen LogP contribution in [0.15, 0.2) is 16.9 Å². The molecule has 0 saturated carbocycles. The number of nitrogens with zero attached hydrogens (tertiary/aromatic N) is 2. The maximum Gasteiger partial charge on any atom is 0.412 e. The van der Waals surface area contributed by atoms with Gasteiger partial charge in [-0.25, -0.2) is 9.78 Å². The molecule has 1 fully saturated rings. The molecule has 82 valence electrons. The number of hydrogen-bond acceptors (Lipinski definition) is 5. The Morgan fingerprint density at radius 1 is 1.60 bits per heavy atom. The molecule has 0 aliphatic carbocycles. The highest BCUT2D eigenvalue weighted by Crippen LogP contribution is 2.15. The van der Waals surface area contributed by atoms with Gasteiger partial charge in [0.2, 0.25) is 0 Å². The highest BCUT2D eigenvalue weighted by molar-refractivity contribution is 5.68. The molecule has 0 aromatic carbocycles. The molecule has 1 N–H and O–H groups in total. The number of oxazole rings is 1. The maximum atomic E-state index is 11.4. The van der Waals surface area contributed by atoms with Gasteiger partial charge in [-0.05, 0) is 12.8 Å². The molecule has 1 amide bonds. The standard InChI is InChI=1S/C9H12N2O4/c12-8(7-10-3-6-14-7)15-9(13)11-4-1-2-5-11/h3,6,8,12H,1-2,4-5H2. The van der Waals surface area contributed by atoms with Gasteiger partial charge in [-0.1, -0.05) is 0 Å². The summed E-state index contributed by atoms with van der Waals surface area (Å²) < 4.78 is 9.57. The third-order valence-electron chi connectivity index (χ3n) is 2.24. The molecular formula is C9H12N2O4. The van der Waals surface area contributed by atoms with Gasteiger partial charge < -0.3 is 19.2 Å². The molecule has 1 aromatic rings. The van der Waals surface area contributed by atoms with Crippen LogP contribution in [0.4, 0.5) is 4.79 Å². The summed E-state index contributed by atoms with van der Waals surface area (Å²) in [4.78, 5) is 16.7. The fourth-order valence-electron chi connectivity index (χ4n) is 1.48. The Hall–Kier alpha value is -1.56. The van der Waals surface area contributed by atoms with Crippen LogP contribution in [0.3, 0.4) is 0 Å². The van der Waals surface area contributed by atoms with E-state index in [0.29, 0.717) is 13.1 Å². The molecule has 6 heteroatoms. The Labute approximate surface area is 86.5 Å². The van der Waals surface area contributed by atoms with Crippen molar-refractivity contribution >= 4 is 6.09 Å². The quantitative estimate of drug-likeness (QED) is 0.737. The van der Waals surface area contributed by atoms with E-state index in [9.17, 15) is 9.90 Å². The van der Waals surface area contributed by atoms with Crippen molar-refractivity contribution < 1.29 is 19.1 Å². The zero-order valence-electron chi connectivity index (χ0n) is 8.13. The van der Waals surface area contributed by atoms with E-state index in [0.717, 1.165) is 12.8 Å². The minimum atomic E-state index is -1.42. The maximum absolute atomic E-state index is 11.4. The van der Waals surface area contributed by atoms with Crippen molar-refractivity contribution in [2.75, 3.05) is 13.1 Å². The van der Waals surface area contributed by atoms with Crippen LogP contribution >= 0.6 is 0 Å². The second-order valence-corrected chi connectivity index (χ2v) is 3.30. The topological polar surface area (TPSA) is 75.8 Å². The van der Waals surface area contributed by atoms with E-state index in [2.05, 4.69) is 4.98 Å². The number of likely N-dealkylation sites (tertiary alicyclic amines) is 1. The molecule has 2 rings (SSSR count). The summed E-state index contributed by atoms with van der Waals surface area (Å²) in [5.41, 5.74) is 0. The normalized spacial score (nSPS) is 17.8. The first-order valence-corrected chi connectivity index (χ1v) is 4.80. The highest BCUT2D eigenvalue weighted by atomic mass is 16.7. The third-order valence-corrected chi connectivity index (χ3v) is 2.24. The van der Waals surface area contributed by atoms with Crippen molar-refractivity contribution in [1.29, 1.82) is 0 Å². The van der Waals surface area contributed by atoms with E-state index in [1.54, 1.807) is 4.90 Å². The molecule has 6 nitrogen and oxygen atoms in total. The average Bonchev–Trinajstić information content (AvgIpc) is 2.91. The molecule has 1 aliphatic rings. The van der Waals surface area contributed by atoms with Crippen molar-refractivity contribution in [2.45, 2.75) is 19.1 Å². The molecule has 1 aromatic heterocycles. The SMILES string of the molecule is O=C(OC(O)c1ncco1)N1CCCC1. The molecular weight excluding hydrogens is 200 g/mol. The molecule has 0 spiro atoms. The van der Waals surface area contributed by atoms with Gasteiger partial charge in [-0.15, -0.1) is 0 Å². The minimum absolute atomic E-state index is 0.0115. The highest BCUT2D eigenvalue weighted by Gasteiger charge is 2.24. The van der Waals surface area contributed by atoms with Crippen molar-refractivity contribution in [3.8, 4) is 0 Å². The second kappa shape index (κ2) is 4.31.